The number of aromatic nitrogens is 1. The summed E-state index contributed by atoms with van der Waals surface area (Å²) in [5.41, 5.74) is 2.18. The summed E-state index contributed by atoms with van der Waals surface area (Å²) in [5.74, 6) is 0.425. The maximum absolute atomic E-state index is 12.5. The van der Waals surface area contributed by atoms with Crippen LogP contribution in [0.1, 0.15) is 32.6 Å². The number of halogens is 1. The third-order valence-electron chi connectivity index (χ3n) is 4.20. The van der Waals surface area contributed by atoms with E-state index in [0.29, 0.717) is 35.8 Å². The van der Waals surface area contributed by atoms with Gasteiger partial charge in [-0.15, -0.1) is 11.3 Å². The molecule has 0 atom stereocenters. The fourth-order valence-corrected chi connectivity index (χ4v) is 4.14. The van der Waals surface area contributed by atoms with Crippen LogP contribution in [-0.2, 0) is 0 Å². The molecular weight excluding hydrogens is 466 g/mol. The van der Waals surface area contributed by atoms with Crippen molar-refractivity contribution in [3.8, 4) is 16.3 Å². The summed E-state index contributed by atoms with van der Waals surface area (Å²) in [7, 11) is 0. The van der Waals surface area contributed by atoms with Crippen molar-refractivity contribution in [1.82, 2.24) is 15.6 Å². The van der Waals surface area contributed by atoms with E-state index in [2.05, 4.69) is 31.5 Å². The first kappa shape index (κ1) is 22.0. The molecular formula is C22H22BrN3O3S. The zero-order chi connectivity index (χ0) is 21.5. The van der Waals surface area contributed by atoms with Crippen molar-refractivity contribution in [2.24, 2.45) is 0 Å². The lowest BCUT2D eigenvalue weighted by Gasteiger charge is -2.07. The highest BCUT2D eigenvalue weighted by molar-refractivity contribution is 9.10. The van der Waals surface area contributed by atoms with Crippen LogP contribution < -0.4 is 15.4 Å². The van der Waals surface area contributed by atoms with Crippen molar-refractivity contribution in [3.63, 3.8) is 0 Å². The molecule has 2 aromatic carbocycles. The van der Waals surface area contributed by atoms with Crippen molar-refractivity contribution in [2.45, 2.75) is 13.8 Å². The highest BCUT2D eigenvalue weighted by Crippen LogP contribution is 2.29. The molecule has 0 unspecified atom stereocenters. The van der Waals surface area contributed by atoms with Crippen LogP contribution in [0.5, 0.6) is 5.75 Å². The Morgan fingerprint density at radius 1 is 1.07 bits per heavy atom. The second-order valence-corrected chi connectivity index (χ2v) is 8.33. The van der Waals surface area contributed by atoms with Gasteiger partial charge in [-0.25, -0.2) is 4.98 Å². The Morgan fingerprint density at radius 3 is 2.43 bits per heavy atom. The topological polar surface area (TPSA) is 80.3 Å². The minimum Gasteiger partial charge on any atom is -0.494 e. The van der Waals surface area contributed by atoms with Gasteiger partial charge in [0.1, 0.15) is 15.6 Å². The lowest BCUT2D eigenvalue weighted by Crippen LogP contribution is -2.34. The summed E-state index contributed by atoms with van der Waals surface area (Å²) in [4.78, 5) is 29.8. The quantitative estimate of drug-likeness (QED) is 0.460. The monoisotopic (exact) mass is 487 g/mol. The van der Waals surface area contributed by atoms with E-state index < -0.39 is 0 Å². The number of hydrogen-bond acceptors (Lipinski definition) is 5. The van der Waals surface area contributed by atoms with Crippen LogP contribution in [0, 0.1) is 6.92 Å². The van der Waals surface area contributed by atoms with Crippen LogP contribution in [0.25, 0.3) is 10.6 Å². The Kier molecular flexibility index (Phi) is 7.59. The number of hydrogen-bond donors (Lipinski definition) is 2. The van der Waals surface area contributed by atoms with E-state index in [-0.39, 0.29) is 11.8 Å². The lowest BCUT2D eigenvalue weighted by atomic mass is 10.2. The molecule has 156 valence electrons. The molecule has 0 aliphatic heterocycles. The van der Waals surface area contributed by atoms with Crippen molar-refractivity contribution < 1.29 is 14.3 Å². The van der Waals surface area contributed by atoms with Crippen LogP contribution in [0.3, 0.4) is 0 Å². The smallest absolute Gasteiger partial charge is 0.263 e. The molecule has 0 saturated heterocycles. The minimum absolute atomic E-state index is 0.183. The molecule has 3 rings (SSSR count). The molecule has 2 amide bonds. The Bertz CT molecular complexity index is 1030. The maximum atomic E-state index is 12.5. The van der Waals surface area contributed by atoms with Crippen molar-refractivity contribution >= 4 is 39.1 Å². The normalized spacial score (nSPS) is 10.5. The van der Waals surface area contributed by atoms with E-state index in [9.17, 15) is 9.59 Å². The van der Waals surface area contributed by atoms with Crippen LogP contribution in [0.4, 0.5) is 0 Å². The molecule has 0 aliphatic rings. The van der Waals surface area contributed by atoms with E-state index in [1.54, 1.807) is 18.2 Å². The molecule has 3 aromatic rings. The van der Waals surface area contributed by atoms with Crippen LogP contribution in [-0.4, -0.2) is 36.5 Å². The number of benzene rings is 2. The van der Waals surface area contributed by atoms with Crippen molar-refractivity contribution in [2.75, 3.05) is 19.7 Å². The number of carbonyl (C=O) groups is 2. The van der Waals surface area contributed by atoms with E-state index in [0.717, 1.165) is 20.8 Å². The van der Waals surface area contributed by atoms with Crippen LogP contribution in [0.15, 0.2) is 53.0 Å². The Morgan fingerprint density at radius 2 is 1.77 bits per heavy atom. The van der Waals surface area contributed by atoms with Gasteiger partial charge < -0.3 is 15.4 Å². The Balaban J connectivity index is 1.54. The number of aryl methyl sites for hydroxylation is 1. The molecule has 0 spiro atoms. The number of thiazole rings is 1. The van der Waals surface area contributed by atoms with Crippen molar-refractivity contribution in [1.29, 1.82) is 0 Å². The summed E-state index contributed by atoms with van der Waals surface area (Å²) in [6.07, 6.45) is 0. The Labute approximate surface area is 187 Å². The first-order chi connectivity index (χ1) is 14.5. The highest BCUT2D eigenvalue weighted by atomic mass is 79.9. The molecule has 2 N–H and O–H groups in total. The molecule has 6 nitrogen and oxygen atoms in total. The van der Waals surface area contributed by atoms with Crippen LogP contribution >= 0.6 is 27.3 Å². The van der Waals surface area contributed by atoms with Gasteiger partial charge in [-0.1, -0.05) is 22.0 Å². The zero-order valence-corrected chi connectivity index (χ0v) is 19.1. The molecule has 30 heavy (non-hydrogen) atoms. The van der Waals surface area contributed by atoms with Gasteiger partial charge in [0.2, 0.25) is 0 Å². The molecule has 0 saturated carbocycles. The summed E-state index contributed by atoms with van der Waals surface area (Å²) >= 11 is 4.69. The SMILES string of the molecule is CCOc1ccc(-c2nc(C)c(C(=O)NCCNC(=O)c3cccc(Br)c3)s2)cc1. The van der Waals surface area contributed by atoms with Gasteiger partial charge in [0.05, 0.1) is 12.3 Å². The minimum atomic E-state index is -0.195. The zero-order valence-electron chi connectivity index (χ0n) is 16.7. The van der Waals surface area contributed by atoms with Gasteiger partial charge in [-0.3, -0.25) is 9.59 Å². The maximum Gasteiger partial charge on any atom is 0.263 e. The highest BCUT2D eigenvalue weighted by Gasteiger charge is 2.16. The summed E-state index contributed by atoms with van der Waals surface area (Å²) in [6.45, 7) is 5.03. The fourth-order valence-electron chi connectivity index (χ4n) is 2.76. The second-order valence-electron chi connectivity index (χ2n) is 6.41. The standard InChI is InChI=1S/C22H22BrN3O3S/c1-3-29-18-9-7-15(8-10-18)22-26-14(2)19(30-22)21(28)25-12-11-24-20(27)16-5-4-6-17(23)13-16/h4-10,13H,3,11-12H2,1-2H3,(H,24,27)(H,25,28). The molecule has 1 heterocycles. The van der Waals surface area contributed by atoms with Gasteiger partial charge in [-0.2, -0.15) is 0 Å². The van der Waals surface area contributed by atoms with Gasteiger partial charge in [0.25, 0.3) is 11.8 Å². The molecule has 8 heteroatoms. The number of rotatable bonds is 8. The number of carbonyl (C=O) groups excluding carboxylic acids is 2. The van der Waals surface area contributed by atoms with Crippen LogP contribution in [0.2, 0.25) is 0 Å². The molecule has 0 bridgehead atoms. The number of nitrogens with one attached hydrogen (secondary N) is 2. The average Bonchev–Trinajstić information content (AvgIpc) is 3.13. The van der Waals surface area contributed by atoms with Gasteiger partial charge in [0.15, 0.2) is 0 Å². The molecule has 1 aromatic heterocycles. The van der Waals surface area contributed by atoms with Gasteiger partial charge in [0, 0.05) is 28.7 Å². The van der Waals surface area contributed by atoms with E-state index >= 15 is 0 Å². The van der Waals surface area contributed by atoms with Crippen molar-refractivity contribution in [3.05, 3.63) is 69.1 Å². The molecule has 0 radical (unpaired) electrons. The summed E-state index contributed by atoms with van der Waals surface area (Å²) in [5, 5.41) is 6.41. The summed E-state index contributed by atoms with van der Waals surface area (Å²) < 4.78 is 6.30. The first-order valence-electron chi connectivity index (χ1n) is 9.50. The molecule has 0 aliphatic carbocycles. The number of nitrogens with zero attached hydrogens (tertiary/aromatic N) is 1. The summed E-state index contributed by atoms with van der Waals surface area (Å²) in [6, 6.07) is 14.8. The lowest BCUT2D eigenvalue weighted by molar-refractivity contribution is 0.0929. The fraction of sp³-hybridized carbons (Fsp3) is 0.227. The Hall–Kier alpha value is -2.71. The molecule has 0 fully saturated rings. The number of amides is 2. The third-order valence-corrected chi connectivity index (χ3v) is 5.90. The van der Waals surface area contributed by atoms with E-state index in [4.69, 9.17) is 4.74 Å². The third kappa shape index (κ3) is 5.67. The van der Waals surface area contributed by atoms with E-state index in [1.807, 2.05) is 44.2 Å². The predicted molar refractivity (Wildman–Crippen MR) is 122 cm³/mol. The predicted octanol–water partition coefficient (Wildman–Crippen LogP) is 4.44. The largest absolute Gasteiger partial charge is 0.494 e. The van der Waals surface area contributed by atoms with E-state index in [1.165, 1.54) is 11.3 Å². The average molecular weight is 488 g/mol. The van der Waals surface area contributed by atoms with Gasteiger partial charge in [-0.05, 0) is 56.3 Å². The first-order valence-corrected chi connectivity index (χ1v) is 11.1. The second kappa shape index (κ2) is 10.4. The number of ether oxygens (including phenoxy) is 1. The van der Waals surface area contributed by atoms with Gasteiger partial charge >= 0.3 is 0 Å².